The third kappa shape index (κ3) is 3.06. The van der Waals surface area contributed by atoms with E-state index in [0.29, 0.717) is 4.60 Å². The maximum absolute atomic E-state index is 13.6. The summed E-state index contributed by atoms with van der Waals surface area (Å²) in [5, 5.41) is -0.818. The Balaban J connectivity index is 2.47. The number of anilines is 1. The van der Waals surface area contributed by atoms with Crippen molar-refractivity contribution >= 4 is 54.8 Å². The van der Waals surface area contributed by atoms with Crippen molar-refractivity contribution < 1.29 is 12.8 Å². The van der Waals surface area contributed by atoms with E-state index in [-0.39, 0.29) is 10.7 Å². The van der Waals surface area contributed by atoms with Crippen LogP contribution in [0.3, 0.4) is 0 Å². The van der Waals surface area contributed by atoms with Gasteiger partial charge in [-0.2, -0.15) is 0 Å². The fraction of sp³-hybridized carbons (Fsp3) is 0. The van der Waals surface area contributed by atoms with Gasteiger partial charge in [0, 0.05) is 6.20 Å². The average Bonchev–Trinajstić information content (AvgIpc) is 2.38. The van der Waals surface area contributed by atoms with Crippen LogP contribution >= 0.6 is 39.1 Å². The van der Waals surface area contributed by atoms with Crippen LogP contribution in [0.1, 0.15) is 0 Å². The van der Waals surface area contributed by atoms with Crippen LogP contribution in [0.25, 0.3) is 0 Å². The average molecular weight is 400 g/mol. The van der Waals surface area contributed by atoms with Gasteiger partial charge in [0.2, 0.25) is 0 Å². The van der Waals surface area contributed by atoms with E-state index < -0.39 is 25.8 Å². The Morgan fingerprint density at radius 2 is 1.95 bits per heavy atom. The van der Waals surface area contributed by atoms with E-state index in [0.717, 1.165) is 12.1 Å². The van der Waals surface area contributed by atoms with Crippen molar-refractivity contribution in [2.45, 2.75) is 4.90 Å². The Hall–Kier alpha value is -0.890. The fourth-order valence-electron chi connectivity index (χ4n) is 1.38. The minimum Gasteiger partial charge on any atom is -0.277 e. The van der Waals surface area contributed by atoms with E-state index in [1.807, 2.05) is 0 Å². The van der Waals surface area contributed by atoms with E-state index >= 15 is 0 Å². The van der Waals surface area contributed by atoms with Crippen LogP contribution < -0.4 is 4.72 Å². The number of nitrogens with zero attached hydrogens (tertiary/aromatic N) is 1. The first-order chi connectivity index (χ1) is 9.33. The van der Waals surface area contributed by atoms with Gasteiger partial charge in [0.15, 0.2) is 5.82 Å². The van der Waals surface area contributed by atoms with Gasteiger partial charge in [0.1, 0.15) is 9.50 Å². The second-order valence-corrected chi connectivity index (χ2v) is 6.81. The number of sulfonamides is 1. The molecule has 20 heavy (non-hydrogen) atoms. The molecule has 1 aromatic carbocycles. The third-order valence-corrected chi connectivity index (χ3v) is 5.11. The molecule has 1 heterocycles. The number of pyridine rings is 1. The lowest BCUT2D eigenvalue weighted by Crippen LogP contribution is -2.14. The highest BCUT2D eigenvalue weighted by Gasteiger charge is 2.22. The number of aromatic nitrogens is 1. The maximum atomic E-state index is 13.6. The molecule has 0 spiro atoms. The van der Waals surface area contributed by atoms with Crippen LogP contribution in [-0.4, -0.2) is 13.4 Å². The summed E-state index contributed by atoms with van der Waals surface area (Å²) in [7, 11) is -4.06. The van der Waals surface area contributed by atoms with Crippen LogP contribution in [0.5, 0.6) is 0 Å². The highest BCUT2D eigenvalue weighted by atomic mass is 79.9. The van der Waals surface area contributed by atoms with Crippen molar-refractivity contribution in [2.75, 3.05) is 4.72 Å². The van der Waals surface area contributed by atoms with Crippen molar-refractivity contribution in [3.63, 3.8) is 0 Å². The van der Waals surface area contributed by atoms with Crippen LogP contribution in [0.4, 0.5) is 10.1 Å². The molecular weight excluding hydrogens is 394 g/mol. The standard InChI is InChI=1S/C11H6BrCl2FN2O2S/c12-11-7(2-1-5-16-11)17-20(18,19)8-4-3-6(13)10(15)9(8)14/h1-5,17H. The molecule has 2 aromatic rings. The Morgan fingerprint density at radius 3 is 2.60 bits per heavy atom. The Morgan fingerprint density at radius 1 is 1.25 bits per heavy atom. The predicted octanol–water partition coefficient (Wildman–Crippen LogP) is 4.09. The van der Waals surface area contributed by atoms with E-state index in [4.69, 9.17) is 23.2 Å². The lowest BCUT2D eigenvalue weighted by molar-refractivity contribution is 0.595. The van der Waals surface area contributed by atoms with Crippen molar-refractivity contribution in [2.24, 2.45) is 0 Å². The normalized spacial score (nSPS) is 11.4. The van der Waals surface area contributed by atoms with Crippen LogP contribution in [-0.2, 0) is 10.0 Å². The van der Waals surface area contributed by atoms with Gasteiger partial charge in [-0.3, -0.25) is 4.72 Å². The molecule has 0 saturated heterocycles. The van der Waals surface area contributed by atoms with Gasteiger partial charge < -0.3 is 0 Å². The number of benzene rings is 1. The van der Waals surface area contributed by atoms with Crippen molar-refractivity contribution in [1.82, 2.24) is 4.98 Å². The van der Waals surface area contributed by atoms with Crippen molar-refractivity contribution in [1.29, 1.82) is 0 Å². The van der Waals surface area contributed by atoms with Gasteiger partial charge in [-0.15, -0.1) is 0 Å². The first-order valence-corrected chi connectivity index (χ1v) is 8.13. The molecule has 0 aliphatic rings. The zero-order valence-electron chi connectivity index (χ0n) is 9.57. The quantitative estimate of drug-likeness (QED) is 0.624. The summed E-state index contributed by atoms with van der Waals surface area (Å²) < 4.78 is 40.5. The van der Waals surface area contributed by atoms with E-state index in [1.165, 1.54) is 12.3 Å². The monoisotopic (exact) mass is 398 g/mol. The number of hydrogen-bond donors (Lipinski definition) is 1. The lowest BCUT2D eigenvalue weighted by Gasteiger charge is -2.11. The maximum Gasteiger partial charge on any atom is 0.263 e. The summed E-state index contributed by atoms with van der Waals surface area (Å²) in [6.45, 7) is 0. The molecule has 0 aliphatic carbocycles. The van der Waals surface area contributed by atoms with Gasteiger partial charge in [-0.25, -0.2) is 17.8 Å². The second-order valence-electron chi connectivity index (χ2n) is 3.62. The molecule has 1 N–H and O–H groups in total. The minimum atomic E-state index is -4.06. The molecule has 0 atom stereocenters. The Kier molecular flexibility index (Phi) is 4.53. The summed E-state index contributed by atoms with van der Waals surface area (Å²) in [4.78, 5) is 3.47. The van der Waals surface area contributed by atoms with Crippen molar-refractivity contribution in [3.05, 3.63) is 50.9 Å². The third-order valence-electron chi connectivity index (χ3n) is 2.29. The Bertz CT molecular complexity index is 771. The second kappa shape index (κ2) is 5.85. The molecule has 9 heteroatoms. The number of hydrogen-bond acceptors (Lipinski definition) is 3. The highest BCUT2D eigenvalue weighted by molar-refractivity contribution is 9.10. The van der Waals surface area contributed by atoms with Crippen molar-refractivity contribution in [3.8, 4) is 0 Å². The summed E-state index contributed by atoms with van der Waals surface area (Å²) >= 11 is 14.3. The SMILES string of the molecule is O=S(=O)(Nc1cccnc1Br)c1ccc(Cl)c(F)c1Cl. The van der Waals surface area contributed by atoms with E-state index in [2.05, 4.69) is 25.6 Å². The summed E-state index contributed by atoms with van der Waals surface area (Å²) in [6, 6.07) is 5.29. The largest absolute Gasteiger partial charge is 0.277 e. The first-order valence-electron chi connectivity index (χ1n) is 5.10. The molecule has 1 aromatic heterocycles. The summed E-state index contributed by atoms with van der Waals surface area (Å²) in [6.07, 6.45) is 1.48. The molecular formula is C11H6BrCl2FN2O2S. The predicted molar refractivity (Wildman–Crippen MR) is 79.2 cm³/mol. The van der Waals surface area contributed by atoms with Crippen LogP contribution in [0, 0.1) is 5.82 Å². The van der Waals surface area contributed by atoms with Gasteiger partial charge in [0.25, 0.3) is 10.0 Å². The zero-order chi connectivity index (χ0) is 14.9. The molecule has 0 fully saturated rings. The van der Waals surface area contributed by atoms with Gasteiger partial charge >= 0.3 is 0 Å². The molecule has 0 aliphatic heterocycles. The molecule has 106 valence electrons. The molecule has 4 nitrogen and oxygen atoms in total. The zero-order valence-corrected chi connectivity index (χ0v) is 13.5. The molecule has 0 radical (unpaired) electrons. The molecule has 0 saturated carbocycles. The lowest BCUT2D eigenvalue weighted by atomic mass is 10.3. The molecule has 0 amide bonds. The van der Waals surface area contributed by atoms with Gasteiger partial charge in [0.05, 0.1) is 15.7 Å². The van der Waals surface area contributed by atoms with E-state index in [9.17, 15) is 12.8 Å². The number of halogens is 4. The minimum absolute atomic E-state index is 0.207. The number of rotatable bonds is 3. The summed E-state index contributed by atoms with van der Waals surface area (Å²) in [5.74, 6) is -0.985. The van der Waals surface area contributed by atoms with E-state index in [1.54, 1.807) is 6.07 Å². The Labute approximate surface area is 133 Å². The molecule has 2 rings (SSSR count). The fourth-order valence-corrected chi connectivity index (χ4v) is 3.67. The topological polar surface area (TPSA) is 59.1 Å². The van der Waals surface area contributed by atoms with Gasteiger partial charge in [-0.1, -0.05) is 23.2 Å². The smallest absolute Gasteiger partial charge is 0.263 e. The van der Waals surface area contributed by atoms with Crippen LogP contribution in [0.15, 0.2) is 40.0 Å². The summed E-state index contributed by atoms with van der Waals surface area (Å²) in [5.41, 5.74) is 0.207. The highest BCUT2D eigenvalue weighted by Crippen LogP contribution is 2.31. The number of nitrogens with one attached hydrogen (secondary N) is 1. The molecule has 0 bridgehead atoms. The first kappa shape index (κ1) is 15.5. The van der Waals surface area contributed by atoms with Crippen LogP contribution in [0.2, 0.25) is 10.0 Å². The molecule has 0 unspecified atom stereocenters. The van der Waals surface area contributed by atoms with Gasteiger partial charge in [-0.05, 0) is 40.2 Å².